The van der Waals surface area contributed by atoms with Crippen LogP contribution in [0, 0.1) is 0 Å². The summed E-state index contributed by atoms with van der Waals surface area (Å²) in [6.45, 7) is 0.534. The van der Waals surface area contributed by atoms with Crippen LogP contribution in [0.3, 0.4) is 0 Å². The number of hydrogen-bond donors (Lipinski definition) is 1. The third-order valence-corrected chi connectivity index (χ3v) is 9.54. The van der Waals surface area contributed by atoms with Crippen LogP contribution in [-0.2, 0) is 10.0 Å². The van der Waals surface area contributed by atoms with E-state index in [-0.39, 0.29) is 26.8 Å². The van der Waals surface area contributed by atoms with E-state index in [4.69, 9.17) is 11.6 Å². The first-order valence-electron chi connectivity index (χ1n) is 11.6. The lowest BCUT2D eigenvalue weighted by molar-refractivity contribution is 0.150. The van der Waals surface area contributed by atoms with Gasteiger partial charge in [-0.1, -0.05) is 22.9 Å². The monoisotopic (exact) mass is 592 g/mol. The van der Waals surface area contributed by atoms with Crippen LogP contribution < -0.4 is 9.62 Å². The van der Waals surface area contributed by atoms with E-state index >= 15 is 0 Å². The third kappa shape index (κ3) is 4.78. The first kappa shape index (κ1) is 26.9. The van der Waals surface area contributed by atoms with Crippen LogP contribution in [0.2, 0.25) is 5.02 Å². The van der Waals surface area contributed by atoms with Gasteiger partial charge >= 0.3 is 6.03 Å². The molecular formula is C21H24ClF3N8O3S2. The highest BCUT2D eigenvalue weighted by atomic mass is 35.5. The molecule has 2 fully saturated rings. The molecule has 1 saturated carbocycles. The number of nitrogens with one attached hydrogen (secondary N) is 1. The summed E-state index contributed by atoms with van der Waals surface area (Å²) in [5.41, 5.74) is -0.413. The maximum absolute atomic E-state index is 13.6. The van der Waals surface area contributed by atoms with Crippen LogP contribution in [0.4, 0.5) is 23.7 Å². The highest BCUT2D eigenvalue weighted by Gasteiger charge is 2.47. The molecule has 17 heteroatoms. The zero-order valence-electron chi connectivity index (χ0n) is 20.4. The molecule has 206 valence electrons. The van der Waals surface area contributed by atoms with Crippen LogP contribution in [0.1, 0.15) is 24.3 Å². The number of hydrogen-bond acceptors (Lipinski definition) is 8. The van der Waals surface area contributed by atoms with Crippen molar-refractivity contribution in [3.05, 3.63) is 22.4 Å². The van der Waals surface area contributed by atoms with Gasteiger partial charge in [0.2, 0.25) is 10.0 Å². The Morgan fingerprint density at radius 1 is 1.24 bits per heavy atom. The normalized spacial score (nSPS) is 17.4. The van der Waals surface area contributed by atoms with Gasteiger partial charge in [0.25, 0.3) is 6.43 Å². The largest absolute Gasteiger partial charge is 0.365 e. The van der Waals surface area contributed by atoms with E-state index in [0.717, 1.165) is 0 Å². The Labute approximate surface area is 225 Å². The van der Waals surface area contributed by atoms with Crippen LogP contribution >= 0.6 is 22.9 Å². The molecule has 3 aromatic rings. The summed E-state index contributed by atoms with van der Waals surface area (Å²) >= 11 is 7.38. The Morgan fingerprint density at radius 3 is 2.47 bits per heavy atom. The number of sulfonamides is 1. The van der Waals surface area contributed by atoms with Crippen molar-refractivity contribution >= 4 is 50.2 Å². The third-order valence-electron chi connectivity index (χ3n) is 6.53. The number of rotatable bonds is 7. The highest BCUT2D eigenvalue weighted by Crippen LogP contribution is 2.42. The number of amides is 2. The number of carbonyl (C=O) groups excluding carboxylic acids is 1. The number of nitrogens with zero attached hydrogens (tertiary/aromatic N) is 7. The van der Waals surface area contributed by atoms with Gasteiger partial charge in [-0.25, -0.2) is 36.1 Å². The summed E-state index contributed by atoms with van der Waals surface area (Å²) in [5.74, 6) is 0.104. The summed E-state index contributed by atoms with van der Waals surface area (Å²) in [5, 5.41) is 6.78. The molecule has 1 N–H and O–H groups in total. The summed E-state index contributed by atoms with van der Waals surface area (Å²) in [6, 6.07) is -0.153. The topological polar surface area (TPSA) is 116 Å². The van der Waals surface area contributed by atoms with Crippen molar-refractivity contribution in [2.24, 2.45) is 0 Å². The molecule has 1 aliphatic carbocycles. The number of pyridine rings is 1. The molecule has 0 radical (unpaired) electrons. The van der Waals surface area contributed by atoms with Crippen molar-refractivity contribution in [2.75, 3.05) is 51.8 Å². The van der Waals surface area contributed by atoms with Crippen molar-refractivity contribution in [3.8, 4) is 10.8 Å². The zero-order chi connectivity index (χ0) is 27.4. The Balaban J connectivity index is 1.61. The maximum atomic E-state index is 13.6. The van der Waals surface area contributed by atoms with Crippen molar-refractivity contribution in [2.45, 2.75) is 29.7 Å². The van der Waals surface area contributed by atoms with Gasteiger partial charge in [0, 0.05) is 46.5 Å². The van der Waals surface area contributed by atoms with Gasteiger partial charge in [-0.2, -0.15) is 0 Å². The molecule has 0 spiro atoms. The number of urea groups is 1. The number of carbonyl (C=O) groups is 1. The molecule has 4 heterocycles. The van der Waals surface area contributed by atoms with Gasteiger partial charge in [0.05, 0.1) is 28.0 Å². The van der Waals surface area contributed by atoms with Gasteiger partial charge in [0.15, 0.2) is 15.8 Å². The number of anilines is 1. The first-order chi connectivity index (χ1) is 18.0. The number of alkyl halides is 3. The molecule has 1 saturated heterocycles. The van der Waals surface area contributed by atoms with E-state index in [1.165, 1.54) is 21.7 Å². The summed E-state index contributed by atoms with van der Waals surface area (Å²) in [6.07, 6.45) is 0.568. The minimum Gasteiger partial charge on any atom is -0.365 e. The second-order valence-electron chi connectivity index (χ2n) is 9.41. The molecule has 0 atom stereocenters. The average molecular weight is 593 g/mol. The number of halogens is 4. The van der Waals surface area contributed by atoms with E-state index < -0.39 is 33.7 Å². The molecule has 0 bridgehead atoms. The second-order valence-corrected chi connectivity index (χ2v) is 12.4. The highest BCUT2D eigenvalue weighted by molar-refractivity contribution is 7.89. The van der Waals surface area contributed by atoms with Crippen molar-refractivity contribution < 1.29 is 26.4 Å². The Morgan fingerprint density at radius 2 is 1.92 bits per heavy atom. The van der Waals surface area contributed by atoms with Crippen molar-refractivity contribution in [3.63, 3.8) is 0 Å². The predicted octanol–water partition coefficient (Wildman–Crippen LogP) is 3.03. The molecule has 0 unspecified atom stereocenters. The van der Waals surface area contributed by atoms with Crippen molar-refractivity contribution in [1.82, 2.24) is 34.1 Å². The quantitative estimate of drug-likeness (QED) is 0.448. The molecule has 2 amide bonds. The van der Waals surface area contributed by atoms with E-state index in [1.807, 2.05) is 4.90 Å². The molecule has 2 aliphatic rings. The lowest BCUT2D eigenvalue weighted by atomic mass is 10.2. The maximum Gasteiger partial charge on any atom is 0.319 e. The lowest BCUT2D eigenvalue weighted by Gasteiger charge is -2.37. The molecule has 5 rings (SSSR count). The van der Waals surface area contributed by atoms with Gasteiger partial charge < -0.3 is 14.7 Å². The smallest absolute Gasteiger partial charge is 0.319 e. The SMILES string of the molecule is CN(C)C(=O)N1CCN(c2c(Cl)c(S(=O)(=O)NC3(CF)CC3)cn3c(-c4nnc(C(F)F)s4)ncc23)CC1. The van der Waals surface area contributed by atoms with Crippen LogP contribution in [0.25, 0.3) is 16.3 Å². The summed E-state index contributed by atoms with van der Waals surface area (Å²) in [4.78, 5) is 21.4. The zero-order valence-corrected chi connectivity index (χ0v) is 22.8. The molecule has 3 aromatic heterocycles. The van der Waals surface area contributed by atoms with Crippen molar-refractivity contribution in [1.29, 1.82) is 0 Å². The first-order valence-corrected chi connectivity index (χ1v) is 14.3. The Bertz CT molecular complexity index is 1480. The average Bonchev–Trinajstić information content (AvgIpc) is 3.26. The minimum atomic E-state index is -4.29. The standard InChI is InChI=1S/C21H24ClF3N8O3S2/c1-30(2)20(34)32-7-5-31(6-8-32)15-12-9-26-17(19-28-27-18(37-19)16(24)25)33(12)10-13(14(15)22)38(35,36)29-21(11-23)3-4-21/h9-10,16,29H,3-8,11H2,1-2H3. The van der Waals surface area contributed by atoms with Crippen LogP contribution in [0.5, 0.6) is 0 Å². The number of fused-ring (bicyclic) bond motifs is 1. The molecule has 38 heavy (non-hydrogen) atoms. The van der Waals surface area contributed by atoms with Gasteiger partial charge in [-0.05, 0) is 12.8 Å². The van der Waals surface area contributed by atoms with E-state index in [2.05, 4.69) is 19.9 Å². The Hall–Kier alpha value is -2.69. The summed E-state index contributed by atoms with van der Waals surface area (Å²) in [7, 11) is -0.984. The lowest BCUT2D eigenvalue weighted by Crippen LogP contribution is -2.51. The van der Waals surface area contributed by atoms with E-state index in [9.17, 15) is 26.4 Å². The molecule has 1 aliphatic heterocycles. The molecule has 0 aromatic carbocycles. The minimum absolute atomic E-state index is 0.0636. The van der Waals surface area contributed by atoms with E-state index in [1.54, 1.807) is 19.0 Å². The van der Waals surface area contributed by atoms with Gasteiger partial charge in [-0.15, -0.1) is 10.2 Å². The fourth-order valence-electron chi connectivity index (χ4n) is 4.29. The Kier molecular flexibility index (Phi) is 6.94. The fraction of sp³-hybridized carbons (Fsp3) is 0.524. The summed E-state index contributed by atoms with van der Waals surface area (Å²) < 4.78 is 70.6. The predicted molar refractivity (Wildman–Crippen MR) is 135 cm³/mol. The second kappa shape index (κ2) is 9.81. The van der Waals surface area contributed by atoms with Gasteiger partial charge in [-0.3, -0.25) is 4.40 Å². The fourth-order valence-corrected chi connectivity index (χ4v) is 7.07. The number of imidazole rings is 1. The number of piperazine rings is 1. The number of aromatic nitrogens is 4. The molecular weight excluding hydrogens is 569 g/mol. The van der Waals surface area contributed by atoms with Crippen LogP contribution in [-0.4, -0.2) is 96.3 Å². The van der Waals surface area contributed by atoms with Gasteiger partial charge in [0.1, 0.15) is 11.6 Å². The van der Waals surface area contributed by atoms with E-state index in [0.29, 0.717) is 61.6 Å². The molecule has 11 nitrogen and oxygen atoms in total. The van der Waals surface area contributed by atoms with Crippen LogP contribution in [0.15, 0.2) is 17.3 Å².